The second-order valence-corrected chi connectivity index (χ2v) is 19.3. The van der Waals surface area contributed by atoms with Crippen LogP contribution in [0.3, 0.4) is 0 Å². The first-order valence-corrected chi connectivity index (χ1v) is 21.8. The van der Waals surface area contributed by atoms with E-state index in [0.29, 0.717) is 58.9 Å². The lowest BCUT2D eigenvalue weighted by atomic mass is 9.77. The number of aromatic nitrogens is 2. The maximum absolute atomic E-state index is 14.9. The van der Waals surface area contributed by atoms with Gasteiger partial charge in [-0.2, -0.15) is 0 Å². The van der Waals surface area contributed by atoms with E-state index >= 15 is 0 Å². The van der Waals surface area contributed by atoms with E-state index in [9.17, 15) is 27.6 Å². The van der Waals surface area contributed by atoms with Gasteiger partial charge in [0.25, 0.3) is 5.91 Å². The Balaban J connectivity index is 1.23. The van der Waals surface area contributed by atoms with Crippen molar-refractivity contribution >= 4 is 56.0 Å². The number of nitrogens with zero attached hydrogens (tertiary/aromatic N) is 4. The predicted octanol–water partition coefficient (Wildman–Crippen LogP) is 5.04. The Kier molecular flexibility index (Phi) is 11.5. The number of rotatable bonds is 13. The monoisotopic (exact) mass is 834 g/mol. The minimum Gasteiger partial charge on any atom is -0.495 e. The van der Waals surface area contributed by atoms with Crippen LogP contribution in [0.5, 0.6) is 11.6 Å². The van der Waals surface area contributed by atoms with Gasteiger partial charge in [0.15, 0.2) is 0 Å². The zero-order valence-corrected chi connectivity index (χ0v) is 34.9. The molecule has 310 valence electrons. The van der Waals surface area contributed by atoms with E-state index in [-0.39, 0.29) is 37.6 Å². The summed E-state index contributed by atoms with van der Waals surface area (Å²) >= 11 is 6.83. The molecule has 14 nitrogen and oxygen atoms in total. The summed E-state index contributed by atoms with van der Waals surface area (Å²) in [6, 6.07) is 9.55. The van der Waals surface area contributed by atoms with Crippen LogP contribution in [-0.4, -0.2) is 101 Å². The van der Waals surface area contributed by atoms with Gasteiger partial charge in [0.2, 0.25) is 33.6 Å². The standard InChI is InChI=1S/C42H51ClN6O8S/c1-6-25-23-42(25,40(53)47-58(54,55)27-13-14-27)46-37(51)33-20-26(24-49(33)39(52)30(41(2,3)4)22-35(50)48-18-10-7-11-19-48)57-38-28-15-16-34(56-5)36(43)29(28)21-32(45-38)31-12-8-9-17-44-31/h6,8-9,12,15-17,21,25-27,30,33H,1,7,10-11,13-14,18-20,22-24H2,2-5H3,(H,46,51)(H,47,53)/t25-,26-,30?,33+,42?/m1/s1. The highest BCUT2D eigenvalue weighted by Crippen LogP contribution is 2.46. The second-order valence-electron chi connectivity index (χ2n) is 16.9. The Morgan fingerprint density at radius 1 is 1.07 bits per heavy atom. The molecular weight excluding hydrogens is 784 g/mol. The van der Waals surface area contributed by atoms with Crippen molar-refractivity contribution in [3.8, 4) is 23.0 Å². The molecule has 0 radical (unpaired) electrons. The number of fused-ring (bicyclic) bond motifs is 1. The number of amides is 4. The summed E-state index contributed by atoms with van der Waals surface area (Å²) in [5.41, 5.74) is -1.20. The molecule has 4 fully saturated rings. The van der Waals surface area contributed by atoms with Gasteiger partial charge >= 0.3 is 0 Å². The summed E-state index contributed by atoms with van der Waals surface area (Å²) in [6.07, 6.45) is 6.25. The van der Waals surface area contributed by atoms with E-state index in [1.807, 2.05) is 31.7 Å². The largest absolute Gasteiger partial charge is 0.495 e. The molecule has 4 aliphatic rings. The van der Waals surface area contributed by atoms with Gasteiger partial charge in [-0.15, -0.1) is 6.58 Å². The number of piperidine rings is 1. The van der Waals surface area contributed by atoms with Crippen LogP contribution in [-0.2, 0) is 29.2 Å². The lowest BCUT2D eigenvalue weighted by molar-refractivity contribution is -0.148. The van der Waals surface area contributed by atoms with E-state index in [4.69, 9.17) is 26.1 Å². The van der Waals surface area contributed by atoms with Crippen molar-refractivity contribution in [2.45, 2.75) is 95.1 Å². The van der Waals surface area contributed by atoms with E-state index in [0.717, 1.165) is 19.3 Å². The van der Waals surface area contributed by atoms with Gasteiger partial charge in [0, 0.05) is 48.8 Å². The van der Waals surface area contributed by atoms with Crippen molar-refractivity contribution in [3.05, 3.63) is 60.3 Å². The van der Waals surface area contributed by atoms with Crippen molar-refractivity contribution in [2.24, 2.45) is 17.3 Å². The quantitative estimate of drug-likeness (QED) is 0.222. The van der Waals surface area contributed by atoms with Gasteiger partial charge < -0.3 is 24.6 Å². The normalized spacial score (nSPS) is 23.8. The number of sulfonamides is 1. The van der Waals surface area contributed by atoms with Crippen LogP contribution in [0.1, 0.15) is 72.1 Å². The van der Waals surface area contributed by atoms with Crippen molar-refractivity contribution in [1.82, 2.24) is 29.8 Å². The average molecular weight is 835 g/mol. The summed E-state index contributed by atoms with van der Waals surface area (Å²) in [7, 11) is -2.40. The number of halogens is 1. The summed E-state index contributed by atoms with van der Waals surface area (Å²) in [6.45, 7) is 10.7. The number of nitrogens with one attached hydrogen (secondary N) is 2. The first-order valence-electron chi connectivity index (χ1n) is 19.9. The van der Waals surface area contributed by atoms with E-state index < -0.39 is 67.9 Å². The van der Waals surface area contributed by atoms with E-state index in [1.54, 1.807) is 36.5 Å². The Hall–Kier alpha value is -4.76. The lowest BCUT2D eigenvalue weighted by Crippen LogP contribution is -2.57. The maximum Gasteiger partial charge on any atom is 0.259 e. The summed E-state index contributed by atoms with van der Waals surface area (Å²) in [4.78, 5) is 69.3. The number of methoxy groups -OCH3 is 1. The molecule has 16 heteroatoms. The number of hydrogen-bond acceptors (Lipinski definition) is 10. The molecule has 2 N–H and O–H groups in total. The van der Waals surface area contributed by atoms with Crippen LogP contribution >= 0.6 is 11.6 Å². The first kappa shape index (κ1) is 41.4. The molecule has 7 rings (SSSR count). The maximum atomic E-state index is 14.9. The average Bonchev–Trinajstić information content (AvgIpc) is 4.14. The van der Waals surface area contributed by atoms with Gasteiger partial charge in [-0.3, -0.25) is 28.9 Å². The molecule has 4 amide bonds. The van der Waals surface area contributed by atoms with Crippen LogP contribution < -0.4 is 19.5 Å². The topological polar surface area (TPSA) is 177 Å². The highest BCUT2D eigenvalue weighted by Gasteiger charge is 2.62. The zero-order valence-electron chi connectivity index (χ0n) is 33.3. The van der Waals surface area contributed by atoms with Gasteiger partial charge in [0.05, 0.1) is 41.2 Å². The number of carbonyl (C=O) groups is 4. The number of ether oxygens (including phenoxy) is 2. The Morgan fingerprint density at radius 3 is 2.43 bits per heavy atom. The smallest absolute Gasteiger partial charge is 0.259 e. The van der Waals surface area contributed by atoms with Gasteiger partial charge in [-0.05, 0) is 74.3 Å². The third-order valence-electron chi connectivity index (χ3n) is 11.8. The zero-order chi connectivity index (χ0) is 41.6. The van der Waals surface area contributed by atoms with Crippen LogP contribution in [0.2, 0.25) is 5.02 Å². The third kappa shape index (κ3) is 8.38. The first-order chi connectivity index (χ1) is 27.6. The molecule has 5 atom stereocenters. The molecule has 58 heavy (non-hydrogen) atoms. The van der Waals surface area contributed by atoms with Gasteiger partial charge in [0.1, 0.15) is 23.4 Å². The number of carbonyl (C=O) groups excluding carboxylic acids is 4. The van der Waals surface area contributed by atoms with Crippen LogP contribution in [0, 0.1) is 17.3 Å². The molecule has 2 saturated heterocycles. The minimum atomic E-state index is -3.92. The van der Waals surface area contributed by atoms with Crippen molar-refractivity contribution in [2.75, 3.05) is 26.7 Å². The molecule has 4 heterocycles. The molecule has 3 aromatic rings. The molecule has 2 aliphatic heterocycles. The van der Waals surface area contributed by atoms with Gasteiger partial charge in [-0.25, -0.2) is 13.4 Å². The molecular formula is C42H51ClN6O8S. The van der Waals surface area contributed by atoms with E-state index in [1.165, 1.54) is 18.1 Å². The van der Waals surface area contributed by atoms with Gasteiger partial charge in [-0.1, -0.05) is 44.5 Å². The summed E-state index contributed by atoms with van der Waals surface area (Å²) in [5.74, 6) is -2.68. The fourth-order valence-electron chi connectivity index (χ4n) is 8.10. The fourth-order valence-corrected chi connectivity index (χ4v) is 9.76. The van der Waals surface area contributed by atoms with Crippen LogP contribution in [0.4, 0.5) is 0 Å². The predicted molar refractivity (Wildman–Crippen MR) is 218 cm³/mol. The molecule has 2 saturated carbocycles. The molecule has 2 aliphatic carbocycles. The minimum absolute atomic E-state index is 0.00616. The number of benzene rings is 1. The Bertz CT molecular complexity index is 2220. The lowest BCUT2D eigenvalue weighted by Gasteiger charge is -2.36. The SMILES string of the molecule is C=C[C@@H]1CC1(NC(=O)[C@@H]1C[C@@H](Oc2nc(-c3ccccn3)cc3c(Cl)c(OC)ccc23)CN1C(=O)C(CC(=O)N1CCCCC1)C(C)(C)C)C(=O)NS(=O)(=O)C1CC1. The number of likely N-dealkylation sites (tertiary alicyclic amines) is 2. The Labute approximate surface area is 344 Å². The fraction of sp³-hybridized carbons (Fsp3) is 0.524. The highest BCUT2D eigenvalue weighted by atomic mass is 35.5. The molecule has 0 spiro atoms. The number of hydrogen-bond donors (Lipinski definition) is 2. The highest BCUT2D eigenvalue weighted by molar-refractivity contribution is 7.91. The van der Waals surface area contributed by atoms with E-state index in [2.05, 4.69) is 21.6 Å². The summed E-state index contributed by atoms with van der Waals surface area (Å²) in [5, 5.41) is 3.69. The molecule has 0 bridgehead atoms. The van der Waals surface area contributed by atoms with Crippen LogP contribution in [0.25, 0.3) is 22.2 Å². The Morgan fingerprint density at radius 2 is 1.81 bits per heavy atom. The molecule has 1 aromatic carbocycles. The van der Waals surface area contributed by atoms with Crippen molar-refractivity contribution in [1.29, 1.82) is 0 Å². The van der Waals surface area contributed by atoms with Crippen LogP contribution in [0.15, 0.2) is 55.3 Å². The van der Waals surface area contributed by atoms with Crippen molar-refractivity contribution < 1.29 is 37.1 Å². The van der Waals surface area contributed by atoms with Crippen molar-refractivity contribution in [3.63, 3.8) is 0 Å². The molecule has 2 aromatic heterocycles. The summed E-state index contributed by atoms with van der Waals surface area (Å²) < 4.78 is 40.0. The second kappa shape index (κ2) is 16.1. The molecule has 2 unspecified atom stereocenters. The number of pyridine rings is 2. The third-order valence-corrected chi connectivity index (χ3v) is 14.0.